The number of carbonyl (C=O) groups excluding carboxylic acids is 1. The third-order valence-corrected chi connectivity index (χ3v) is 4.26. The van der Waals surface area contributed by atoms with Gasteiger partial charge in [0.15, 0.2) is 0 Å². The van der Waals surface area contributed by atoms with Gasteiger partial charge in [0.25, 0.3) is 0 Å². The van der Waals surface area contributed by atoms with Gasteiger partial charge < -0.3 is 10.1 Å². The minimum absolute atomic E-state index is 0.0276. The number of halogens is 1. The summed E-state index contributed by atoms with van der Waals surface area (Å²) >= 11 is 7.75. The van der Waals surface area contributed by atoms with E-state index in [0.717, 1.165) is 21.1 Å². The van der Waals surface area contributed by atoms with E-state index in [2.05, 4.69) is 10.3 Å². The molecule has 0 unspecified atom stereocenters. The number of amides is 1. The predicted molar refractivity (Wildman–Crippen MR) is 86.0 cm³/mol. The molecule has 2 rings (SSSR count). The predicted octanol–water partition coefficient (Wildman–Crippen LogP) is 3.81. The number of benzene rings is 1. The van der Waals surface area contributed by atoms with E-state index in [-0.39, 0.29) is 5.91 Å². The van der Waals surface area contributed by atoms with Crippen molar-refractivity contribution in [2.24, 2.45) is 0 Å². The summed E-state index contributed by atoms with van der Waals surface area (Å²) in [5.41, 5.74) is 1.78. The van der Waals surface area contributed by atoms with Crippen LogP contribution in [0.3, 0.4) is 0 Å². The molecule has 0 spiro atoms. The molecule has 0 aliphatic heterocycles. The Balaban J connectivity index is 2.31. The Bertz CT molecular complexity index is 655. The molecule has 4 nitrogen and oxygen atoms in total. The van der Waals surface area contributed by atoms with Gasteiger partial charge in [0.1, 0.15) is 5.75 Å². The lowest BCUT2D eigenvalue weighted by Gasteiger charge is -2.07. The minimum Gasteiger partial charge on any atom is -0.495 e. The van der Waals surface area contributed by atoms with Crippen molar-refractivity contribution in [1.29, 1.82) is 0 Å². The summed E-state index contributed by atoms with van der Waals surface area (Å²) in [6, 6.07) is 5.57. The molecule has 1 aromatic heterocycles. The maximum atomic E-state index is 11.4. The lowest BCUT2D eigenvalue weighted by atomic mass is 10.1. The summed E-state index contributed by atoms with van der Waals surface area (Å²) in [5.74, 6) is 0.660. The van der Waals surface area contributed by atoms with Crippen molar-refractivity contribution in [2.75, 3.05) is 7.11 Å². The van der Waals surface area contributed by atoms with Crippen LogP contribution in [0.5, 0.6) is 5.75 Å². The van der Waals surface area contributed by atoms with Crippen molar-refractivity contribution in [3.8, 4) is 17.0 Å². The fourth-order valence-corrected chi connectivity index (χ4v) is 3.09. The molecule has 1 amide bonds. The number of methoxy groups -OCH3 is 1. The zero-order valence-electron chi connectivity index (χ0n) is 12.2. The van der Waals surface area contributed by atoms with Crippen LogP contribution in [0.4, 0.5) is 0 Å². The summed E-state index contributed by atoms with van der Waals surface area (Å²) in [5, 5.41) is 4.38. The average molecular weight is 325 g/mol. The first-order chi connectivity index (χ1) is 10.0. The summed E-state index contributed by atoms with van der Waals surface area (Å²) in [4.78, 5) is 17.0. The Morgan fingerprint density at radius 3 is 2.86 bits per heavy atom. The monoisotopic (exact) mass is 324 g/mol. The first-order valence-corrected chi connectivity index (χ1v) is 7.81. The van der Waals surface area contributed by atoms with Crippen LogP contribution in [0.2, 0.25) is 5.02 Å². The molecule has 0 aliphatic rings. The normalized spacial score (nSPS) is 10.5. The Morgan fingerprint density at radius 2 is 2.24 bits per heavy atom. The summed E-state index contributed by atoms with van der Waals surface area (Å²) < 4.78 is 5.16. The van der Waals surface area contributed by atoms with Gasteiger partial charge in [-0.05, 0) is 25.1 Å². The SMILES string of the molecule is CCC(=O)NCc1sc(C)nc1-c1ccc(OC)c(Cl)c1. The molecular formula is C15H17ClN2O2S. The molecule has 1 N–H and O–H groups in total. The highest BCUT2D eigenvalue weighted by Gasteiger charge is 2.13. The van der Waals surface area contributed by atoms with Gasteiger partial charge in [-0.25, -0.2) is 4.98 Å². The van der Waals surface area contributed by atoms with Crippen LogP contribution in [-0.4, -0.2) is 18.0 Å². The van der Waals surface area contributed by atoms with Crippen molar-refractivity contribution < 1.29 is 9.53 Å². The van der Waals surface area contributed by atoms with Gasteiger partial charge in [0, 0.05) is 12.0 Å². The molecule has 0 fully saturated rings. The second-order valence-corrected chi connectivity index (χ2v) is 6.18. The number of nitrogens with one attached hydrogen (secondary N) is 1. The smallest absolute Gasteiger partial charge is 0.220 e. The molecule has 2 aromatic rings. The van der Waals surface area contributed by atoms with Gasteiger partial charge >= 0.3 is 0 Å². The molecule has 21 heavy (non-hydrogen) atoms. The first kappa shape index (κ1) is 15.8. The van der Waals surface area contributed by atoms with E-state index >= 15 is 0 Å². The van der Waals surface area contributed by atoms with Crippen molar-refractivity contribution in [2.45, 2.75) is 26.8 Å². The van der Waals surface area contributed by atoms with Gasteiger partial charge in [-0.1, -0.05) is 18.5 Å². The third kappa shape index (κ3) is 3.74. The maximum absolute atomic E-state index is 11.4. The van der Waals surface area contributed by atoms with E-state index in [9.17, 15) is 4.79 Å². The van der Waals surface area contributed by atoms with Gasteiger partial charge in [-0.15, -0.1) is 11.3 Å². The molecule has 112 valence electrons. The lowest BCUT2D eigenvalue weighted by molar-refractivity contribution is -0.120. The first-order valence-electron chi connectivity index (χ1n) is 6.62. The number of aryl methyl sites for hydroxylation is 1. The van der Waals surface area contributed by atoms with Crippen LogP contribution in [0.25, 0.3) is 11.3 Å². The maximum Gasteiger partial charge on any atom is 0.220 e. The molecule has 0 saturated heterocycles. The quantitative estimate of drug-likeness (QED) is 0.910. The Hall–Kier alpha value is -1.59. The number of hydrogen-bond acceptors (Lipinski definition) is 4. The highest BCUT2D eigenvalue weighted by molar-refractivity contribution is 7.12. The molecule has 6 heteroatoms. The second-order valence-electron chi connectivity index (χ2n) is 4.48. The van der Waals surface area contributed by atoms with Crippen LogP contribution < -0.4 is 10.1 Å². The summed E-state index contributed by atoms with van der Waals surface area (Å²) in [6.45, 7) is 4.26. The number of hydrogen-bond donors (Lipinski definition) is 1. The van der Waals surface area contributed by atoms with Crippen LogP contribution >= 0.6 is 22.9 Å². The Kier molecular flexibility index (Phi) is 5.20. The van der Waals surface area contributed by atoms with E-state index in [1.165, 1.54) is 0 Å². The van der Waals surface area contributed by atoms with Gasteiger partial charge in [0.2, 0.25) is 5.91 Å². The van der Waals surface area contributed by atoms with Crippen LogP contribution in [0.1, 0.15) is 23.2 Å². The summed E-state index contributed by atoms with van der Waals surface area (Å²) in [6.07, 6.45) is 0.474. The number of aromatic nitrogens is 1. The standard InChI is InChI=1S/C15H17ClN2O2S/c1-4-14(19)17-8-13-15(18-9(2)21-13)10-5-6-12(20-3)11(16)7-10/h5-7H,4,8H2,1-3H3,(H,17,19). The average Bonchev–Trinajstić information content (AvgIpc) is 2.85. The van der Waals surface area contributed by atoms with E-state index in [0.29, 0.717) is 23.7 Å². The third-order valence-electron chi connectivity index (χ3n) is 3.00. The van der Waals surface area contributed by atoms with E-state index in [1.807, 2.05) is 32.0 Å². The molecule has 0 radical (unpaired) electrons. The number of thiazole rings is 1. The minimum atomic E-state index is 0.0276. The largest absolute Gasteiger partial charge is 0.495 e. The van der Waals surface area contributed by atoms with E-state index in [4.69, 9.17) is 16.3 Å². The zero-order valence-corrected chi connectivity index (χ0v) is 13.8. The van der Waals surface area contributed by atoms with Crippen molar-refractivity contribution in [3.63, 3.8) is 0 Å². The highest BCUT2D eigenvalue weighted by Crippen LogP contribution is 2.33. The van der Waals surface area contributed by atoms with Crippen LogP contribution in [0, 0.1) is 6.92 Å². The Labute approximate surface area is 133 Å². The van der Waals surface area contributed by atoms with Crippen molar-refractivity contribution >= 4 is 28.8 Å². The fraction of sp³-hybridized carbons (Fsp3) is 0.333. The zero-order chi connectivity index (χ0) is 15.4. The number of carbonyl (C=O) groups is 1. The molecule has 0 aliphatic carbocycles. The molecule has 0 bridgehead atoms. The van der Waals surface area contributed by atoms with E-state index < -0.39 is 0 Å². The van der Waals surface area contributed by atoms with E-state index in [1.54, 1.807) is 18.4 Å². The number of nitrogens with zero attached hydrogens (tertiary/aromatic N) is 1. The molecular weight excluding hydrogens is 308 g/mol. The van der Waals surface area contributed by atoms with Crippen LogP contribution in [0.15, 0.2) is 18.2 Å². The van der Waals surface area contributed by atoms with Crippen LogP contribution in [-0.2, 0) is 11.3 Å². The molecule has 1 heterocycles. The van der Waals surface area contributed by atoms with Gasteiger partial charge in [-0.2, -0.15) is 0 Å². The number of rotatable bonds is 5. The highest BCUT2D eigenvalue weighted by atomic mass is 35.5. The lowest BCUT2D eigenvalue weighted by Crippen LogP contribution is -2.21. The van der Waals surface area contributed by atoms with Crippen molar-refractivity contribution in [3.05, 3.63) is 33.1 Å². The van der Waals surface area contributed by atoms with Crippen molar-refractivity contribution in [1.82, 2.24) is 10.3 Å². The second kappa shape index (κ2) is 6.91. The molecule has 1 aromatic carbocycles. The Morgan fingerprint density at radius 1 is 1.48 bits per heavy atom. The topological polar surface area (TPSA) is 51.2 Å². The molecule has 0 saturated carbocycles. The molecule has 0 atom stereocenters. The summed E-state index contributed by atoms with van der Waals surface area (Å²) in [7, 11) is 1.58. The van der Waals surface area contributed by atoms with Gasteiger partial charge in [0.05, 0.1) is 34.3 Å². The fourth-order valence-electron chi connectivity index (χ4n) is 1.93. The number of ether oxygens (including phenoxy) is 1. The van der Waals surface area contributed by atoms with Gasteiger partial charge in [-0.3, -0.25) is 4.79 Å².